The summed E-state index contributed by atoms with van der Waals surface area (Å²) in [5.74, 6) is -0.102. The normalized spacial score (nSPS) is 11.3. The highest BCUT2D eigenvalue weighted by Gasteiger charge is 2.23. The highest BCUT2D eigenvalue weighted by molar-refractivity contribution is 5.94. The van der Waals surface area contributed by atoms with Crippen LogP contribution >= 0.6 is 12.4 Å². The molecule has 7 nitrogen and oxygen atoms in total. The number of carbonyl (C=O) groups is 2. The average molecular weight is 353 g/mol. The summed E-state index contributed by atoms with van der Waals surface area (Å²) in [4.78, 5) is 25.8. The molecule has 2 amide bonds. The summed E-state index contributed by atoms with van der Waals surface area (Å²) in [6.07, 6.45) is 0. The second-order valence-corrected chi connectivity index (χ2v) is 5.26. The lowest BCUT2D eigenvalue weighted by molar-refractivity contribution is -0.134. The lowest BCUT2D eigenvalue weighted by Crippen LogP contribution is -2.39. The maximum atomic E-state index is 12.5. The number of amides is 2. The molecule has 2 rings (SSSR count). The van der Waals surface area contributed by atoms with Gasteiger partial charge in [-0.1, -0.05) is 35.5 Å². The van der Waals surface area contributed by atoms with Crippen molar-refractivity contribution in [3.05, 3.63) is 47.7 Å². The van der Waals surface area contributed by atoms with Gasteiger partial charge in [0, 0.05) is 19.7 Å². The Morgan fingerprint density at radius 3 is 2.54 bits per heavy atom. The van der Waals surface area contributed by atoms with E-state index in [9.17, 15) is 9.59 Å². The highest BCUT2D eigenvalue weighted by atomic mass is 35.5. The van der Waals surface area contributed by atoms with Gasteiger partial charge < -0.3 is 20.5 Å². The smallest absolute Gasteiger partial charge is 0.245 e. The van der Waals surface area contributed by atoms with E-state index in [0.29, 0.717) is 11.6 Å². The molecular weight excluding hydrogens is 332 g/mol. The summed E-state index contributed by atoms with van der Waals surface area (Å²) < 4.78 is 4.87. The summed E-state index contributed by atoms with van der Waals surface area (Å²) in [5.41, 5.74) is 6.56. The largest absolute Gasteiger partial charge is 0.360 e. The van der Waals surface area contributed by atoms with Crippen molar-refractivity contribution in [2.24, 2.45) is 5.73 Å². The third-order valence-corrected chi connectivity index (χ3v) is 3.39. The lowest BCUT2D eigenvalue weighted by atomic mass is 9.98. The molecule has 3 N–H and O–H groups in total. The number of nitrogens with one attached hydrogen (secondary N) is 1. The quantitative estimate of drug-likeness (QED) is 0.821. The van der Waals surface area contributed by atoms with Crippen LogP contribution in [0.4, 0.5) is 5.82 Å². The fraction of sp³-hybridized carbons (Fsp3) is 0.312. The van der Waals surface area contributed by atoms with E-state index in [1.165, 1.54) is 4.90 Å². The molecule has 8 heteroatoms. The number of nitrogens with zero attached hydrogens (tertiary/aromatic N) is 2. The van der Waals surface area contributed by atoms with Crippen LogP contribution < -0.4 is 11.1 Å². The van der Waals surface area contributed by atoms with E-state index >= 15 is 0 Å². The summed E-state index contributed by atoms with van der Waals surface area (Å²) in [5, 5.41) is 6.25. The zero-order chi connectivity index (χ0) is 16.8. The molecule has 0 spiro atoms. The number of aryl methyl sites for hydroxylation is 1. The molecule has 0 bridgehead atoms. The van der Waals surface area contributed by atoms with E-state index in [1.807, 2.05) is 30.3 Å². The third-order valence-electron chi connectivity index (χ3n) is 3.39. The van der Waals surface area contributed by atoms with Gasteiger partial charge >= 0.3 is 0 Å². The SMILES string of the molecule is Cc1cc(NC(=O)CN(C)C(=O)C(CN)c2ccccc2)no1.Cl. The fourth-order valence-electron chi connectivity index (χ4n) is 2.23. The molecule has 0 radical (unpaired) electrons. The molecule has 24 heavy (non-hydrogen) atoms. The number of benzene rings is 1. The van der Waals surface area contributed by atoms with E-state index < -0.39 is 5.92 Å². The van der Waals surface area contributed by atoms with Crippen molar-refractivity contribution >= 4 is 30.0 Å². The molecule has 1 atom stereocenters. The van der Waals surface area contributed by atoms with Gasteiger partial charge in [-0.15, -0.1) is 12.4 Å². The Morgan fingerprint density at radius 2 is 2.00 bits per heavy atom. The van der Waals surface area contributed by atoms with Gasteiger partial charge in [-0.2, -0.15) is 0 Å². The Balaban J connectivity index is 0.00000288. The molecule has 0 fully saturated rings. The molecule has 130 valence electrons. The van der Waals surface area contributed by atoms with Gasteiger partial charge in [-0.05, 0) is 12.5 Å². The maximum Gasteiger partial charge on any atom is 0.245 e. The van der Waals surface area contributed by atoms with Crippen molar-refractivity contribution in [3.8, 4) is 0 Å². The number of likely N-dealkylation sites (N-methyl/N-ethyl adjacent to an activating group) is 1. The zero-order valence-electron chi connectivity index (χ0n) is 13.6. The minimum atomic E-state index is -0.469. The van der Waals surface area contributed by atoms with Crippen LogP contribution in [0.2, 0.25) is 0 Å². The van der Waals surface area contributed by atoms with Crippen molar-refractivity contribution in [2.45, 2.75) is 12.8 Å². The summed E-state index contributed by atoms with van der Waals surface area (Å²) >= 11 is 0. The molecule has 0 aliphatic heterocycles. The minimum Gasteiger partial charge on any atom is -0.360 e. The van der Waals surface area contributed by atoms with Crippen LogP contribution in [0.3, 0.4) is 0 Å². The number of rotatable bonds is 6. The average Bonchev–Trinajstić information content (AvgIpc) is 2.93. The van der Waals surface area contributed by atoms with E-state index in [0.717, 1.165) is 5.56 Å². The zero-order valence-corrected chi connectivity index (χ0v) is 14.4. The molecule has 0 aliphatic carbocycles. The first-order valence-corrected chi connectivity index (χ1v) is 7.24. The lowest BCUT2D eigenvalue weighted by Gasteiger charge is -2.22. The maximum absolute atomic E-state index is 12.5. The predicted molar refractivity (Wildman–Crippen MR) is 93.0 cm³/mol. The summed E-state index contributed by atoms with van der Waals surface area (Å²) in [6.45, 7) is 1.81. The molecule has 1 aromatic heterocycles. The Labute approximate surface area is 146 Å². The Morgan fingerprint density at radius 1 is 1.33 bits per heavy atom. The van der Waals surface area contributed by atoms with Crippen molar-refractivity contribution in [3.63, 3.8) is 0 Å². The number of hydrogen-bond acceptors (Lipinski definition) is 5. The second kappa shape index (κ2) is 9.05. The predicted octanol–water partition coefficient (Wildman–Crippen LogP) is 1.54. The van der Waals surface area contributed by atoms with E-state index in [-0.39, 0.29) is 37.3 Å². The van der Waals surface area contributed by atoms with Crippen LogP contribution in [-0.2, 0) is 9.59 Å². The Bertz CT molecular complexity index is 675. The van der Waals surface area contributed by atoms with Gasteiger partial charge in [-0.3, -0.25) is 9.59 Å². The summed E-state index contributed by atoms with van der Waals surface area (Å²) in [6, 6.07) is 10.9. The van der Waals surface area contributed by atoms with Crippen molar-refractivity contribution in [2.75, 3.05) is 25.5 Å². The van der Waals surface area contributed by atoms with E-state index in [1.54, 1.807) is 20.0 Å². The topological polar surface area (TPSA) is 101 Å². The van der Waals surface area contributed by atoms with E-state index in [4.69, 9.17) is 10.3 Å². The molecule has 0 saturated heterocycles. The van der Waals surface area contributed by atoms with Crippen molar-refractivity contribution < 1.29 is 14.1 Å². The van der Waals surface area contributed by atoms with E-state index in [2.05, 4.69) is 10.5 Å². The van der Waals surface area contributed by atoms with Crippen LogP contribution in [0.25, 0.3) is 0 Å². The van der Waals surface area contributed by atoms with Crippen molar-refractivity contribution in [1.29, 1.82) is 0 Å². The number of aromatic nitrogens is 1. The number of carbonyl (C=O) groups excluding carboxylic acids is 2. The molecule has 1 unspecified atom stereocenters. The molecule has 0 aliphatic rings. The first-order valence-electron chi connectivity index (χ1n) is 7.24. The monoisotopic (exact) mass is 352 g/mol. The van der Waals surface area contributed by atoms with Gasteiger partial charge in [0.1, 0.15) is 5.76 Å². The highest BCUT2D eigenvalue weighted by Crippen LogP contribution is 2.16. The van der Waals surface area contributed by atoms with Gasteiger partial charge in [0.25, 0.3) is 0 Å². The van der Waals surface area contributed by atoms with Gasteiger partial charge in [0.05, 0.1) is 12.5 Å². The Kier molecular flexibility index (Phi) is 7.41. The molecule has 1 aromatic carbocycles. The van der Waals surface area contributed by atoms with Crippen LogP contribution in [0.5, 0.6) is 0 Å². The number of halogens is 1. The molecular formula is C16H21ClN4O3. The molecule has 0 saturated carbocycles. The summed E-state index contributed by atoms with van der Waals surface area (Å²) in [7, 11) is 1.57. The Hall–Kier alpha value is -2.38. The fourth-order valence-corrected chi connectivity index (χ4v) is 2.23. The van der Waals surface area contributed by atoms with Gasteiger partial charge in [0.15, 0.2) is 5.82 Å². The van der Waals surface area contributed by atoms with Gasteiger partial charge in [-0.25, -0.2) is 0 Å². The van der Waals surface area contributed by atoms with Crippen LogP contribution in [0.15, 0.2) is 40.9 Å². The van der Waals surface area contributed by atoms with Crippen molar-refractivity contribution in [1.82, 2.24) is 10.1 Å². The number of anilines is 1. The van der Waals surface area contributed by atoms with Crippen LogP contribution in [0.1, 0.15) is 17.2 Å². The van der Waals surface area contributed by atoms with Crippen LogP contribution in [-0.4, -0.2) is 42.0 Å². The number of hydrogen-bond donors (Lipinski definition) is 2. The molecule has 1 heterocycles. The third kappa shape index (κ3) is 5.07. The second-order valence-electron chi connectivity index (χ2n) is 5.26. The number of nitrogens with two attached hydrogens (primary N) is 1. The van der Waals surface area contributed by atoms with Crippen LogP contribution in [0, 0.1) is 6.92 Å². The van der Waals surface area contributed by atoms with Gasteiger partial charge in [0.2, 0.25) is 11.8 Å². The minimum absolute atomic E-state index is 0. The first kappa shape index (κ1) is 19.7. The molecule has 2 aromatic rings. The first-order chi connectivity index (χ1) is 11.0. The standard InChI is InChI=1S/C16H20N4O3.ClH/c1-11-8-14(19-23-11)18-15(21)10-20(2)16(22)13(9-17)12-6-4-3-5-7-12;/h3-8,13H,9-10,17H2,1-2H3,(H,18,19,21);1H.